The van der Waals surface area contributed by atoms with Crippen molar-refractivity contribution in [2.75, 3.05) is 14.2 Å². The van der Waals surface area contributed by atoms with Gasteiger partial charge in [0.2, 0.25) is 17.3 Å². The van der Waals surface area contributed by atoms with E-state index >= 15 is 0 Å². The maximum absolute atomic E-state index is 12.7. The molecule has 0 radical (unpaired) electrons. The lowest BCUT2D eigenvalue weighted by Gasteiger charge is -2.26. The minimum atomic E-state index is -2.37. The Hall–Kier alpha value is -5.08. The second kappa shape index (κ2) is 9.00. The fourth-order valence-electron chi connectivity index (χ4n) is 4.85. The highest BCUT2D eigenvalue weighted by atomic mass is 16.6. The molecule has 0 spiro atoms. The fraction of sp³-hybridized carbons (Fsp3) is 0.231. The van der Waals surface area contributed by atoms with Crippen LogP contribution in [0, 0.1) is 0 Å². The van der Waals surface area contributed by atoms with Crippen LogP contribution in [0.3, 0.4) is 0 Å². The Balaban J connectivity index is 1.53. The van der Waals surface area contributed by atoms with Gasteiger partial charge in [-0.3, -0.25) is 9.59 Å². The molecule has 2 aromatic carbocycles. The van der Waals surface area contributed by atoms with E-state index in [4.69, 9.17) is 13.9 Å². The molecule has 2 atom stereocenters. The first-order valence-corrected chi connectivity index (χ1v) is 11.5. The highest BCUT2D eigenvalue weighted by Crippen LogP contribution is 2.53. The van der Waals surface area contributed by atoms with Gasteiger partial charge in [-0.25, -0.2) is 9.59 Å². The van der Waals surface area contributed by atoms with E-state index in [0.717, 1.165) is 32.4 Å². The molecule has 1 aromatic heterocycles. The number of hydrogen-bond acceptors (Lipinski definition) is 14. The van der Waals surface area contributed by atoms with Crippen LogP contribution in [0.4, 0.5) is 0 Å². The molecule has 0 bridgehead atoms. The van der Waals surface area contributed by atoms with E-state index in [9.17, 15) is 49.8 Å². The van der Waals surface area contributed by atoms with Crippen molar-refractivity contribution in [1.29, 1.82) is 0 Å². The lowest BCUT2D eigenvalue weighted by molar-refractivity contribution is -0.146. The molecule has 14 heteroatoms. The molecule has 0 saturated carbocycles. The van der Waals surface area contributed by atoms with Gasteiger partial charge >= 0.3 is 11.6 Å². The average molecular weight is 556 g/mol. The number of allylic oxidation sites excluding steroid dienone is 2. The van der Waals surface area contributed by atoms with Crippen molar-refractivity contribution in [1.82, 2.24) is 0 Å². The van der Waals surface area contributed by atoms with Crippen molar-refractivity contribution in [2.45, 2.75) is 24.7 Å². The molecule has 1 aliphatic heterocycles. The molecule has 208 valence electrons. The summed E-state index contributed by atoms with van der Waals surface area (Å²) in [6, 6.07) is 2.10. The molecular weight excluding hydrogens is 536 g/mol. The van der Waals surface area contributed by atoms with E-state index in [0.29, 0.717) is 0 Å². The SMILES string of the molecule is COC(=O)c1cc2cc(C(O)CC3(O)Cc4c(O)c5c(c(O)c4O3)C(=O)C(OC)=CC5=O)c(O)c(O)c2c(=O)o1. The van der Waals surface area contributed by atoms with Gasteiger partial charge in [-0.2, -0.15) is 0 Å². The van der Waals surface area contributed by atoms with E-state index in [2.05, 4.69) is 4.74 Å². The van der Waals surface area contributed by atoms with Gasteiger partial charge in [0.15, 0.2) is 34.5 Å². The first-order chi connectivity index (χ1) is 18.8. The first kappa shape index (κ1) is 26.5. The number of ketones is 2. The van der Waals surface area contributed by atoms with Crippen molar-refractivity contribution in [3.63, 3.8) is 0 Å². The van der Waals surface area contributed by atoms with Crippen LogP contribution >= 0.6 is 0 Å². The van der Waals surface area contributed by atoms with Crippen LogP contribution in [0.1, 0.15) is 54.9 Å². The number of hydrogen-bond donors (Lipinski definition) is 6. The zero-order valence-corrected chi connectivity index (χ0v) is 20.7. The van der Waals surface area contributed by atoms with Gasteiger partial charge in [0.1, 0.15) is 11.1 Å². The van der Waals surface area contributed by atoms with Gasteiger partial charge in [0, 0.05) is 30.0 Å². The van der Waals surface area contributed by atoms with Crippen LogP contribution in [0.2, 0.25) is 0 Å². The summed E-state index contributed by atoms with van der Waals surface area (Å²) in [6.45, 7) is 0. The second-order valence-corrected chi connectivity index (χ2v) is 9.12. The summed E-state index contributed by atoms with van der Waals surface area (Å²) in [4.78, 5) is 49.4. The monoisotopic (exact) mass is 556 g/mol. The van der Waals surface area contributed by atoms with Crippen LogP contribution in [0.5, 0.6) is 28.7 Å². The average Bonchev–Trinajstić information content (AvgIpc) is 3.26. The fourth-order valence-corrected chi connectivity index (χ4v) is 4.85. The molecule has 2 aliphatic rings. The van der Waals surface area contributed by atoms with Crippen LogP contribution in [0.25, 0.3) is 10.8 Å². The number of rotatable bonds is 5. The van der Waals surface area contributed by atoms with Gasteiger partial charge in [-0.1, -0.05) is 0 Å². The van der Waals surface area contributed by atoms with E-state index in [1.807, 2.05) is 0 Å². The molecule has 1 aliphatic carbocycles. The third-order valence-corrected chi connectivity index (χ3v) is 6.71. The largest absolute Gasteiger partial charge is 0.507 e. The van der Waals surface area contributed by atoms with Gasteiger partial charge in [0.25, 0.3) is 0 Å². The third-order valence-electron chi connectivity index (χ3n) is 6.71. The van der Waals surface area contributed by atoms with Gasteiger partial charge in [0.05, 0.1) is 31.5 Å². The molecule has 2 unspecified atom stereocenters. The Bertz CT molecular complexity index is 1750. The molecule has 0 fully saturated rings. The van der Waals surface area contributed by atoms with Crippen LogP contribution in [-0.4, -0.2) is 68.2 Å². The predicted octanol–water partition coefficient (Wildman–Crippen LogP) is 1.06. The number of fused-ring (bicyclic) bond motifs is 3. The zero-order valence-electron chi connectivity index (χ0n) is 20.7. The summed E-state index contributed by atoms with van der Waals surface area (Å²) in [5.41, 5.74) is -2.92. The molecule has 40 heavy (non-hydrogen) atoms. The quantitative estimate of drug-likeness (QED) is 0.147. The van der Waals surface area contributed by atoms with Gasteiger partial charge < -0.3 is 49.3 Å². The number of aliphatic hydroxyl groups is 2. The van der Waals surface area contributed by atoms with Crippen LogP contribution < -0.4 is 10.4 Å². The standard InChI is InChI=1S/C26H20O14/c1-37-13-5-11(27)16-17(20(13)31)22(33)23-10(18(16)29)6-26(36,40-23)7-12(28)9-3-8-4-14(24(34)38-2)39-25(35)15(8)21(32)19(9)30/h3-5,12,28-30,32-33,36H,6-7H2,1-2H3. The van der Waals surface area contributed by atoms with Crippen molar-refractivity contribution in [2.24, 2.45) is 0 Å². The van der Waals surface area contributed by atoms with Gasteiger partial charge in [-0.15, -0.1) is 0 Å². The topological polar surface area (TPSA) is 230 Å². The number of phenolic OH excluding ortho intramolecular Hbond substituents is 4. The number of ether oxygens (including phenoxy) is 3. The number of benzene rings is 2. The summed E-state index contributed by atoms with van der Waals surface area (Å²) in [6.07, 6.45) is -2.31. The number of Topliss-reactive ketones (excluding diaryl/α,β-unsaturated/α-hetero) is 1. The molecule has 3 aromatic rings. The molecule has 14 nitrogen and oxygen atoms in total. The maximum atomic E-state index is 12.7. The molecule has 5 rings (SSSR count). The summed E-state index contributed by atoms with van der Waals surface area (Å²) < 4.78 is 19.6. The van der Waals surface area contributed by atoms with Crippen molar-refractivity contribution in [3.05, 3.63) is 62.4 Å². The molecule has 0 saturated heterocycles. The van der Waals surface area contributed by atoms with Crippen LogP contribution in [0.15, 0.2) is 33.2 Å². The third kappa shape index (κ3) is 3.80. The van der Waals surface area contributed by atoms with E-state index in [1.54, 1.807) is 0 Å². The van der Waals surface area contributed by atoms with E-state index < -0.39 is 110 Å². The lowest BCUT2D eigenvalue weighted by atomic mass is 9.88. The Kier molecular flexibility index (Phi) is 5.97. The number of esters is 1. The number of aromatic hydroxyl groups is 4. The second-order valence-electron chi connectivity index (χ2n) is 9.12. The summed E-state index contributed by atoms with van der Waals surface area (Å²) >= 11 is 0. The highest BCUT2D eigenvalue weighted by Gasteiger charge is 2.47. The smallest absolute Gasteiger partial charge is 0.374 e. The van der Waals surface area contributed by atoms with Crippen molar-refractivity contribution < 1.29 is 63.7 Å². The highest BCUT2D eigenvalue weighted by molar-refractivity contribution is 6.26. The Labute approximate surface area is 222 Å². The molecule has 6 N–H and O–H groups in total. The van der Waals surface area contributed by atoms with Gasteiger partial charge in [-0.05, 0) is 17.5 Å². The lowest BCUT2D eigenvalue weighted by Crippen LogP contribution is -2.36. The summed E-state index contributed by atoms with van der Waals surface area (Å²) in [5.74, 6) is -10.1. The van der Waals surface area contributed by atoms with Crippen LogP contribution in [-0.2, 0) is 15.9 Å². The Morgan fingerprint density at radius 2 is 1.73 bits per heavy atom. The molecule has 2 heterocycles. The van der Waals surface area contributed by atoms with E-state index in [-0.39, 0.29) is 10.9 Å². The number of phenols is 4. The van der Waals surface area contributed by atoms with Crippen molar-refractivity contribution >= 4 is 28.3 Å². The normalized spacial score (nSPS) is 18.6. The minimum Gasteiger partial charge on any atom is -0.507 e. The maximum Gasteiger partial charge on any atom is 0.374 e. The Morgan fingerprint density at radius 1 is 1.02 bits per heavy atom. The number of methoxy groups -OCH3 is 2. The molecule has 0 amide bonds. The van der Waals surface area contributed by atoms with Crippen molar-refractivity contribution in [3.8, 4) is 28.7 Å². The summed E-state index contributed by atoms with van der Waals surface area (Å²) in [7, 11) is 2.17. The predicted molar refractivity (Wildman–Crippen MR) is 130 cm³/mol. The number of carbonyl (C=O) groups is 3. The first-order valence-electron chi connectivity index (χ1n) is 11.5. The molecular formula is C26H20O14. The van der Waals surface area contributed by atoms with E-state index in [1.165, 1.54) is 0 Å². The zero-order chi connectivity index (χ0) is 29.3. The summed E-state index contributed by atoms with van der Waals surface area (Å²) in [5, 5.41) is 63.9. The Morgan fingerprint density at radius 3 is 2.38 bits per heavy atom. The minimum absolute atomic E-state index is 0.120. The number of aliphatic hydroxyl groups excluding tert-OH is 1. The number of carbonyl (C=O) groups excluding carboxylic acids is 3.